The molecule has 1 heterocycles. The number of rotatable bonds is 3. The number of hydrogen-bond donors (Lipinski definition) is 1. The topological polar surface area (TPSA) is 42.2 Å². The number of nitrogens with zero attached hydrogens (tertiary/aromatic N) is 1. The number of fused-ring (bicyclic) bond motifs is 1. The van der Waals surface area contributed by atoms with Crippen molar-refractivity contribution in [2.75, 3.05) is 6.61 Å². The van der Waals surface area contributed by atoms with E-state index in [-0.39, 0.29) is 12.4 Å². The molecule has 1 N–H and O–H groups in total. The molecule has 1 aromatic heterocycles. The molecule has 0 unspecified atom stereocenters. The van der Waals surface area contributed by atoms with Crippen LogP contribution in [0.15, 0.2) is 18.2 Å². The molecule has 0 amide bonds. The molecule has 3 nitrogen and oxygen atoms in total. The summed E-state index contributed by atoms with van der Waals surface area (Å²) in [5.41, 5.74) is 2.63. The van der Waals surface area contributed by atoms with Gasteiger partial charge in [-0.3, -0.25) is 4.79 Å². The first-order valence-electron chi connectivity index (χ1n) is 5.27. The Hall–Kier alpha value is -1.61. The van der Waals surface area contributed by atoms with Crippen LogP contribution in [0.25, 0.3) is 10.9 Å². The van der Waals surface area contributed by atoms with Gasteiger partial charge >= 0.3 is 0 Å². The zero-order valence-corrected chi connectivity index (χ0v) is 9.45. The van der Waals surface area contributed by atoms with E-state index in [9.17, 15) is 4.79 Å². The molecule has 0 spiro atoms. The maximum atomic E-state index is 11.6. The zero-order chi connectivity index (χ0) is 11.7. The van der Waals surface area contributed by atoms with Gasteiger partial charge in [0.1, 0.15) is 0 Å². The monoisotopic (exact) mass is 216 g/mol. The number of aliphatic hydroxyl groups is 1. The highest BCUT2D eigenvalue weighted by Gasteiger charge is 2.15. The summed E-state index contributed by atoms with van der Waals surface area (Å²) in [5.74, 6) is 0.0544. The van der Waals surface area contributed by atoms with Crippen LogP contribution in [0.3, 0.4) is 0 Å². The Labute approximate surface area is 94.3 Å². The lowest BCUT2D eigenvalue weighted by atomic mass is 10.1. The summed E-state index contributed by atoms with van der Waals surface area (Å²) in [5, 5.41) is 9.96. The van der Waals surface area contributed by atoms with E-state index < -0.39 is 0 Å². The van der Waals surface area contributed by atoms with E-state index in [2.05, 4.69) is 6.07 Å². The lowest BCUT2D eigenvalue weighted by Crippen LogP contribution is -2.05. The highest BCUT2D eigenvalue weighted by atomic mass is 16.3. The van der Waals surface area contributed by atoms with Crippen molar-refractivity contribution in [2.45, 2.75) is 20.4 Å². The maximum Gasteiger partial charge on any atom is 0.162 e. The van der Waals surface area contributed by atoms with E-state index in [4.69, 9.17) is 5.11 Å². The Morgan fingerprint density at radius 1 is 1.56 bits per heavy atom. The number of Topliss-reactive ketones (excluding diaryl/α,β-unsaturated/α-hetero) is 1. The number of carbonyl (C=O) groups is 1. The molecule has 1 aromatic carbocycles. The summed E-state index contributed by atoms with van der Waals surface area (Å²) in [6.45, 7) is 4.06. The first-order valence-corrected chi connectivity index (χ1v) is 5.27. The number of aromatic nitrogens is 1. The van der Waals surface area contributed by atoms with Gasteiger partial charge in [-0.1, -0.05) is 6.07 Å². The van der Waals surface area contributed by atoms with E-state index in [1.165, 1.54) is 0 Å². The van der Waals surface area contributed by atoms with Crippen LogP contribution in [0.2, 0.25) is 0 Å². The molecule has 0 fully saturated rings. The molecule has 0 aliphatic rings. The van der Waals surface area contributed by atoms with Crippen molar-refractivity contribution < 1.29 is 9.90 Å². The quantitative estimate of drug-likeness (QED) is 0.797. The van der Waals surface area contributed by atoms with Gasteiger partial charge in [0.25, 0.3) is 0 Å². The smallest absolute Gasteiger partial charge is 0.162 e. The fourth-order valence-corrected chi connectivity index (χ4v) is 2.20. The average Bonchev–Trinajstić information content (AvgIpc) is 2.53. The van der Waals surface area contributed by atoms with Crippen molar-refractivity contribution in [3.63, 3.8) is 0 Å². The summed E-state index contributed by atoms with van der Waals surface area (Å²) in [7, 11) is 0. The van der Waals surface area contributed by atoms with Crippen LogP contribution in [0.1, 0.15) is 23.0 Å². The van der Waals surface area contributed by atoms with Gasteiger partial charge < -0.3 is 9.67 Å². The fraction of sp³-hybridized carbons (Fsp3) is 0.308. The second-order valence-electron chi connectivity index (χ2n) is 3.84. The predicted octanol–water partition coefficient (Wildman–Crippen LogP) is 1.94. The molecule has 3 heteroatoms. The SMILES string of the molecule is CC(=O)c1c(C)n(CCO)c2cc[c]cc12. The van der Waals surface area contributed by atoms with Crippen LogP contribution in [0.5, 0.6) is 0 Å². The summed E-state index contributed by atoms with van der Waals surface area (Å²) in [6.07, 6.45) is 0. The molecule has 2 aromatic rings. The number of ketones is 1. The van der Waals surface area contributed by atoms with E-state index in [1.54, 1.807) is 6.92 Å². The maximum absolute atomic E-state index is 11.6. The summed E-state index contributed by atoms with van der Waals surface area (Å²) < 4.78 is 1.97. The second-order valence-corrected chi connectivity index (χ2v) is 3.84. The molecule has 0 saturated heterocycles. The second kappa shape index (κ2) is 4.10. The van der Waals surface area contributed by atoms with Crippen LogP contribution in [0.4, 0.5) is 0 Å². The van der Waals surface area contributed by atoms with E-state index in [0.29, 0.717) is 6.54 Å². The molecule has 0 atom stereocenters. The van der Waals surface area contributed by atoms with Crippen LogP contribution in [-0.2, 0) is 6.54 Å². The van der Waals surface area contributed by atoms with Crippen molar-refractivity contribution in [3.8, 4) is 0 Å². The van der Waals surface area contributed by atoms with Crippen LogP contribution < -0.4 is 0 Å². The van der Waals surface area contributed by atoms with Gasteiger partial charge in [-0.05, 0) is 32.0 Å². The van der Waals surface area contributed by atoms with E-state index in [0.717, 1.165) is 22.2 Å². The lowest BCUT2D eigenvalue weighted by Gasteiger charge is -2.05. The molecule has 1 radical (unpaired) electrons. The third-order valence-electron chi connectivity index (χ3n) is 2.84. The van der Waals surface area contributed by atoms with Gasteiger partial charge in [0.05, 0.1) is 6.61 Å². The normalized spacial score (nSPS) is 10.9. The summed E-state index contributed by atoms with van der Waals surface area (Å²) in [6, 6.07) is 8.55. The van der Waals surface area contributed by atoms with Crippen molar-refractivity contribution in [1.82, 2.24) is 4.57 Å². The molecule has 16 heavy (non-hydrogen) atoms. The van der Waals surface area contributed by atoms with Gasteiger partial charge in [0, 0.05) is 28.7 Å². The average molecular weight is 216 g/mol. The zero-order valence-electron chi connectivity index (χ0n) is 9.45. The minimum Gasteiger partial charge on any atom is -0.395 e. The van der Waals surface area contributed by atoms with Gasteiger partial charge in [0.15, 0.2) is 5.78 Å². The summed E-state index contributed by atoms with van der Waals surface area (Å²) >= 11 is 0. The first kappa shape index (κ1) is 10.9. The molecule has 83 valence electrons. The van der Waals surface area contributed by atoms with Gasteiger partial charge in [-0.2, -0.15) is 0 Å². The fourth-order valence-electron chi connectivity index (χ4n) is 2.20. The molecule has 0 saturated carbocycles. The number of carbonyl (C=O) groups excluding carboxylic acids is 1. The Morgan fingerprint density at radius 2 is 2.31 bits per heavy atom. The van der Waals surface area contributed by atoms with Gasteiger partial charge in [0.2, 0.25) is 0 Å². The minimum atomic E-state index is 0.0544. The van der Waals surface area contributed by atoms with E-state index in [1.807, 2.05) is 29.7 Å². The van der Waals surface area contributed by atoms with Gasteiger partial charge in [-0.25, -0.2) is 0 Å². The molecule has 2 rings (SSSR count). The molecular formula is C13H14NO2. The van der Waals surface area contributed by atoms with E-state index >= 15 is 0 Å². The van der Waals surface area contributed by atoms with Crippen LogP contribution in [-0.4, -0.2) is 22.1 Å². The standard InChI is InChI=1S/C13H14NO2/c1-9-13(10(2)16)11-5-3-4-6-12(11)14(9)7-8-15/h4-6,15H,7-8H2,1-2H3. The highest BCUT2D eigenvalue weighted by molar-refractivity contribution is 6.08. The Kier molecular flexibility index (Phi) is 2.79. The molecule has 0 aliphatic carbocycles. The van der Waals surface area contributed by atoms with Crippen molar-refractivity contribution in [1.29, 1.82) is 0 Å². The molecule has 0 aliphatic heterocycles. The van der Waals surface area contributed by atoms with Crippen LogP contribution >= 0.6 is 0 Å². The number of benzene rings is 1. The highest BCUT2D eigenvalue weighted by Crippen LogP contribution is 2.25. The third kappa shape index (κ3) is 1.53. The van der Waals surface area contributed by atoms with Crippen molar-refractivity contribution in [3.05, 3.63) is 35.5 Å². The van der Waals surface area contributed by atoms with Crippen molar-refractivity contribution >= 4 is 16.7 Å². The largest absolute Gasteiger partial charge is 0.395 e. The Bertz CT molecular complexity index is 540. The lowest BCUT2D eigenvalue weighted by molar-refractivity contribution is 0.101. The number of aliphatic hydroxyl groups excluding tert-OH is 1. The minimum absolute atomic E-state index is 0.0544. The third-order valence-corrected chi connectivity index (χ3v) is 2.84. The molecular weight excluding hydrogens is 202 g/mol. The number of hydrogen-bond acceptors (Lipinski definition) is 2. The Balaban J connectivity index is 2.80. The molecule has 0 bridgehead atoms. The first-order chi connectivity index (χ1) is 7.66. The van der Waals surface area contributed by atoms with Gasteiger partial charge in [-0.15, -0.1) is 0 Å². The van der Waals surface area contributed by atoms with Crippen molar-refractivity contribution in [2.24, 2.45) is 0 Å². The summed E-state index contributed by atoms with van der Waals surface area (Å²) in [4.78, 5) is 11.6. The predicted molar refractivity (Wildman–Crippen MR) is 62.6 cm³/mol. The Morgan fingerprint density at radius 3 is 2.94 bits per heavy atom. The van der Waals surface area contributed by atoms with Crippen LogP contribution in [0, 0.1) is 13.0 Å².